The molecule has 1 spiro atoms. The van der Waals surface area contributed by atoms with Crippen LogP contribution in [-0.4, -0.2) is 49.2 Å². The molecule has 6 heteroatoms. The summed E-state index contributed by atoms with van der Waals surface area (Å²) in [6.45, 7) is 5.22. The number of hydrogen-bond donors (Lipinski definition) is 1. The first-order valence-electron chi connectivity index (χ1n) is 7.00. The van der Waals surface area contributed by atoms with Crippen molar-refractivity contribution in [3.63, 3.8) is 0 Å². The SMILES string of the molecule is Cc1ccc(F)cc1C(=O)N1CCOC2(CCNC2)C1.Cl. The number of nitrogens with one attached hydrogen (secondary N) is 1. The highest BCUT2D eigenvalue weighted by atomic mass is 35.5. The minimum Gasteiger partial charge on any atom is -0.370 e. The molecule has 1 aromatic carbocycles. The molecule has 2 fully saturated rings. The number of carbonyl (C=O) groups excluding carboxylic acids is 1. The Morgan fingerprint density at radius 2 is 2.29 bits per heavy atom. The Morgan fingerprint density at radius 1 is 1.48 bits per heavy atom. The van der Waals surface area contributed by atoms with Crippen LogP contribution in [0.5, 0.6) is 0 Å². The number of amides is 1. The Kier molecular flexibility index (Phi) is 4.86. The summed E-state index contributed by atoms with van der Waals surface area (Å²) in [5.74, 6) is -0.471. The summed E-state index contributed by atoms with van der Waals surface area (Å²) in [7, 11) is 0. The Balaban J connectivity index is 0.00000161. The largest absolute Gasteiger partial charge is 0.370 e. The van der Waals surface area contributed by atoms with Gasteiger partial charge in [-0.15, -0.1) is 12.4 Å². The van der Waals surface area contributed by atoms with E-state index in [2.05, 4.69) is 5.32 Å². The topological polar surface area (TPSA) is 41.6 Å². The summed E-state index contributed by atoms with van der Waals surface area (Å²) in [6, 6.07) is 4.36. The molecule has 2 heterocycles. The van der Waals surface area contributed by atoms with E-state index in [0.717, 1.165) is 25.1 Å². The van der Waals surface area contributed by atoms with Crippen LogP contribution in [0.1, 0.15) is 22.3 Å². The number of aryl methyl sites for hydroxylation is 1. The van der Waals surface area contributed by atoms with E-state index in [1.165, 1.54) is 12.1 Å². The van der Waals surface area contributed by atoms with Crippen LogP contribution in [0.2, 0.25) is 0 Å². The lowest BCUT2D eigenvalue weighted by molar-refractivity contribution is -0.0866. The third-order valence-corrected chi connectivity index (χ3v) is 4.17. The lowest BCUT2D eigenvalue weighted by Gasteiger charge is -2.40. The maximum absolute atomic E-state index is 13.4. The quantitative estimate of drug-likeness (QED) is 0.859. The maximum atomic E-state index is 13.4. The van der Waals surface area contributed by atoms with Crippen molar-refractivity contribution in [1.82, 2.24) is 10.2 Å². The predicted molar refractivity (Wildman–Crippen MR) is 80.5 cm³/mol. The number of morpholine rings is 1. The van der Waals surface area contributed by atoms with E-state index in [-0.39, 0.29) is 29.7 Å². The average Bonchev–Trinajstić information content (AvgIpc) is 2.88. The number of benzene rings is 1. The molecule has 21 heavy (non-hydrogen) atoms. The minimum absolute atomic E-state index is 0. The van der Waals surface area contributed by atoms with Gasteiger partial charge >= 0.3 is 0 Å². The van der Waals surface area contributed by atoms with Crippen molar-refractivity contribution in [3.05, 3.63) is 35.1 Å². The first-order chi connectivity index (χ1) is 9.60. The van der Waals surface area contributed by atoms with Crippen molar-refractivity contribution in [3.8, 4) is 0 Å². The first-order valence-corrected chi connectivity index (χ1v) is 7.00. The van der Waals surface area contributed by atoms with Gasteiger partial charge < -0.3 is 15.0 Å². The molecule has 0 aliphatic carbocycles. The highest BCUT2D eigenvalue weighted by molar-refractivity contribution is 5.95. The molecule has 0 aromatic heterocycles. The zero-order chi connectivity index (χ0) is 14.2. The Labute approximate surface area is 130 Å². The van der Waals surface area contributed by atoms with Gasteiger partial charge in [0.2, 0.25) is 0 Å². The standard InChI is InChI=1S/C15H19FN2O2.ClH/c1-11-2-3-12(16)8-13(11)14(19)18-6-7-20-15(10-18)4-5-17-9-15;/h2-3,8,17H,4-7,9-10H2,1H3;1H. The molecule has 0 bridgehead atoms. The van der Waals surface area contributed by atoms with E-state index in [9.17, 15) is 9.18 Å². The summed E-state index contributed by atoms with van der Waals surface area (Å²) >= 11 is 0. The molecular weight excluding hydrogens is 295 g/mol. The van der Waals surface area contributed by atoms with Gasteiger partial charge in [0.05, 0.1) is 18.8 Å². The highest BCUT2D eigenvalue weighted by Crippen LogP contribution is 2.26. The van der Waals surface area contributed by atoms with E-state index in [4.69, 9.17) is 4.74 Å². The zero-order valence-corrected chi connectivity index (χ0v) is 12.8. The lowest BCUT2D eigenvalue weighted by Crippen LogP contribution is -2.54. The molecule has 1 unspecified atom stereocenters. The fraction of sp³-hybridized carbons (Fsp3) is 0.533. The molecule has 1 N–H and O–H groups in total. The summed E-state index contributed by atoms with van der Waals surface area (Å²) in [5.41, 5.74) is 1.00. The molecule has 2 aliphatic rings. The fourth-order valence-electron chi connectivity index (χ4n) is 2.99. The number of rotatable bonds is 1. The van der Waals surface area contributed by atoms with Gasteiger partial charge in [0, 0.05) is 18.7 Å². The second-order valence-electron chi connectivity index (χ2n) is 5.64. The first kappa shape index (κ1) is 16.2. The van der Waals surface area contributed by atoms with Crippen LogP contribution in [0, 0.1) is 12.7 Å². The van der Waals surface area contributed by atoms with E-state index in [1.54, 1.807) is 11.0 Å². The normalized spacial score (nSPS) is 25.0. The van der Waals surface area contributed by atoms with Crippen LogP contribution in [-0.2, 0) is 4.74 Å². The van der Waals surface area contributed by atoms with Gasteiger partial charge in [-0.05, 0) is 37.6 Å². The Bertz CT molecular complexity index is 532. The van der Waals surface area contributed by atoms with Gasteiger partial charge in [-0.25, -0.2) is 4.39 Å². The van der Waals surface area contributed by atoms with E-state index < -0.39 is 0 Å². The van der Waals surface area contributed by atoms with Gasteiger partial charge in [-0.1, -0.05) is 6.07 Å². The average molecular weight is 315 g/mol. The van der Waals surface area contributed by atoms with Gasteiger partial charge in [0.15, 0.2) is 0 Å². The molecule has 4 nitrogen and oxygen atoms in total. The second kappa shape index (κ2) is 6.30. The number of ether oxygens (including phenoxy) is 1. The number of carbonyl (C=O) groups is 1. The van der Waals surface area contributed by atoms with Crippen LogP contribution >= 0.6 is 12.4 Å². The van der Waals surface area contributed by atoms with Gasteiger partial charge in [-0.2, -0.15) is 0 Å². The van der Waals surface area contributed by atoms with Crippen LogP contribution in [0.3, 0.4) is 0 Å². The molecule has 0 radical (unpaired) electrons. The van der Waals surface area contributed by atoms with Gasteiger partial charge in [0.1, 0.15) is 5.82 Å². The number of hydrogen-bond acceptors (Lipinski definition) is 3. The Hall–Kier alpha value is -1.17. The predicted octanol–water partition coefficient (Wildman–Crippen LogP) is 1.76. The van der Waals surface area contributed by atoms with Crippen molar-refractivity contribution < 1.29 is 13.9 Å². The lowest BCUT2D eigenvalue weighted by atomic mass is 9.99. The molecule has 3 rings (SSSR count). The van der Waals surface area contributed by atoms with E-state index >= 15 is 0 Å². The summed E-state index contributed by atoms with van der Waals surface area (Å²) in [5, 5.41) is 3.28. The van der Waals surface area contributed by atoms with E-state index in [1.807, 2.05) is 6.92 Å². The van der Waals surface area contributed by atoms with Crippen LogP contribution in [0.15, 0.2) is 18.2 Å². The molecule has 1 atom stereocenters. The number of nitrogens with zero attached hydrogens (tertiary/aromatic N) is 1. The molecule has 0 saturated carbocycles. The molecule has 116 valence electrons. The van der Waals surface area contributed by atoms with Crippen molar-refractivity contribution in [1.29, 1.82) is 0 Å². The van der Waals surface area contributed by atoms with Gasteiger partial charge in [-0.3, -0.25) is 4.79 Å². The Morgan fingerprint density at radius 3 is 3.00 bits per heavy atom. The monoisotopic (exact) mass is 314 g/mol. The third-order valence-electron chi connectivity index (χ3n) is 4.17. The summed E-state index contributed by atoms with van der Waals surface area (Å²) < 4.78 is 19.2. The zero-order valence-electron chi connectivity index (χ0n) is 12.0. The summed E-state index contributed by atoms with van der Waals surface area (Å²) in [4.78, 5) is 14.4. The van der Waals surface area contributed by atoms with Crippen LogP contribution in [0.25, 0.3) is 0 Å². The third kappa shape index (κ3) is 3.20. The molecule has 1 aromatic rings. The molecule has 2 saturated heterocycles. The van der Waals surface area contributed by atoms with Crippen LogP contribution in [0.4, 0.5) is 4.39 Å². The van der Waals surface area contributed by atoms with Crippen molar-refractivity contribution >= 4 is 18.3 Å². The van der Waals surface area contributed by atoms with E-state index in [0.29, 0.717) is 25.3 Å². The minimum atomic E-state index is -0.371. The fourth-order valence-corrected chi connectivity index (χ4v) is 2.99. The smallest absolute Gasteiger partial charge is 0.254 e. The number of halogens is 2. The summed E-state index contributed by atoms with van der Waals surface area (Å²) in [6.07, 6.45) is 0.916. The van der Waals surface area contributed by atoms with Crippen molar-refractivity contribution in [2.24, 2.45) is 0 Å². The second-order valence-corrected chi connectivity index (χ2v) is 5.64. The van der Waals surface area contributed by atoms with Gasteiger partial charge in [0.25, 0.3) is 5.91 Å². The molecule has 2 aliphatic heterocycles. The van der Waals surface area contributed by atoms with Crippen LogP contribution < -0.4 is 5.32 Å². The maximum Gasteiger partial charge on any atom is 0.254 e. The van der Waals surface area contributed by atoms with Crippen molar-refractivity contribution in [2.75, 3.05) is 32.8 Å². The highest BCUT2D eigenvalue weighted by Gasteiger charge is 2.40. The molecule has 1 amide bonds. The van der Waals surface area contributed by atoms with Crippen molar-refractivity contribution in [2.45, 2.75) is 18.9 Å². The molecular formula is C15H20ClFN2O2.